The van der Waals surface area contributed by atoms with E-state index in [0.717, 1.165) is 0 Å². The second kappa shape index (κ2) is 3.29. The van der Waals surface area contributed by atoms with E-state index in [1.54, 1.807) is 19.3 Å². The fourth-order valence-corrected chi connectivity index (χ4v) is 1.01. The van der Waals surface area contributed by atoms with Gasteiger partial charge in [0, 0.05) is 19.3 Å². The van der Waals surface area contributed by atoms with Gasteiger partial charge in [-0.05, 0) is 0 Å². The molecule has 0 fully saturated rings. The Morgan fingerprint density at radius 1 is 1.64 bits per heavy atom. The van der Waals surface area contributed by atoms with E-state index in [1.807, 2.05) is 0 Å². The standard InChI is InChI=1S/C7H8N6O/c1-13-5(4-9-12-13)7(14)10-6-2-3-8-11-6/h2-4H,1H3,(H2,8,10,11,14). The number of aromatic amines is 1. The minimum atomic E-state index is -0.287. The van der Waals surface area contributed by atoms with Gasteiger partial charge in [-0.2, -0.15) is 5.10 Å². The van der Waals surface area contributed by atoms with Crippen LogP contribution in [0.1, 0.15) is 10.5 Å². The van der Waals surface area contributed by atoms with E-state index < -0.39 is 0 Å². The quantitative estimate of drug-likeness (QED) is 0.689. The van der Waals surface area contributed by atoms with Crippen LogP contribution in [0.25, 0.3) is 0 Å². The molecule has 14 heavy (non-hydrogen) atoms. The first-order valence-corrected chi connectivity index (χ1v) is 3.93. The summed E-state index contributed by atoms with van der Waals surface area (Å²) >= 11 is 0. The summed E-state index contributed by atoms with van der Waals surface area (Å²) in [6.07, 6.45) is 3.01. The number of hydrogen-bond acceptors (Lipinski definition) is 4. The molecule has 2 rings (SSSR count). The SMILES string of the molecule is Cn1nncc1C(=O)Nc1cc[nH]n1. The van der Waals surface area contributed by atoms with Gasteiger partial charge in [0.1, 0.15) is 5.69 Å². The third kappa shape index (κ3) is 1.47. The molecule has 0 aliphatic carbocycles. The van der Waals surface area contributed by atoms with Gasteiger partial charge in [-0.3, -0.25) is 9.89 Å². The molecule has 2 aromatic heterocycles. The van der Waals surface area contributed by atoms with Gasteiger partial charge in [0.25, 0.3) is 5.91 Å². The van der Waals surface area contributed by atoms with Crippen LogP contribution in [0.3, 0.4) is 0 Å². The monoisotopic (exact) mass is 192 g/mol. The highest BCUT2D eigenvalue weighted by Gasteiger charge is 2.11. The zero-order chi connectivity index (χ0) is 9.97. The molecule has 7 heteroatoms. The van der Waals surface area contributed by atoms with Crippen molar-refractivity contribution in [1.82, 2.24) is 25.2 Å². The first-order valence-electron chi connectivity index (χ1n) is 3.93. The fourth-order valence-electron chi connectivity index (χ4n) is 1.01. The van der Waals surface area contributed by atoms with Crippen LogP contribution in [0.2, 0.25) is 0 Å². The summed E-state index contributed by atoms with van der Waals surface area (Å²) in [7, 11) is 1.65. The molecule has 0 spiro atoms. The molecule has 0 unspecified atom stereocenters. The number of hydrogen-bond donors (Lipinski definition) is 2. The van der Waals surface area contributed by atoms with Gasteiger partial charge >= 0.3 is 0 Å². The van der Waals surface area contributed by atoms with Crippen molar-refractivity contribution >= 4 is 11.7 Å². The molecule has 2 heterocycles. The van der Waals surface area contributed by atoms with Gasteiger partial charge in [0.05, 0.1) is 6.20 Å². The van der Waals surface area contributed by atoms with Crippen molar-refractivity contribution in [2.24, 2.45) is 7.05 Å². The van der Waals surface area contributed by atoms with Crippen LogP contribution < -0.4 is 5.32 Å². The number of aromatic nitrogens is 5. The lowest BCUT2D eigenvalue weighted by atomic mass is 10.4. The van der Waals surface area contributed by atoms with Crippen LogP contribution in [-0.4, -0.2) is 31.1 Å². The third-order valence-corrected chi connectivity index (χ3v) is 1.69. The summed E-state index contributed by atoms with van der Waals surface area (Å²) in [6.45, 7) is 0. The van der Waals surface area contributed by atoms with Gasteiger partial charge in [-0.25, -0.2) is 4.68 Å². The molecule has 1 amide bonds. The molecule has 0 atom stereocenters. The van der Waals surface area contributed by atoms with Crippen molar-refractivity contribution in [3.05, 3.63) is 24.2 Å². The molecule has 2 aromatic rings. The Morgan fingerprint density at radius 2 is 2.50 bits per heavy atom. The maximum atomic E-state index is 11.5. The number of amides is 1. The number of nitrogens with one attached hydrogen (secondary N) is 2. The van der Waals surface area contributed by atoms with E-state index in [9.17, 15) is 4.79 Å². The first-order chi connectivity index (χ1) is 6.77. The number of nitrogens with zero attached hydrogens (tertiary/aromatic N) is 4. The van der Waals surface area contributed by atoms with Gasteiger partial charge in [-0.1, -0.05) is 5.21 Å². The molecular formula is C7H8N6O. The molecule has 7 nitrogen and oxygen atoms in total. The van der Waals surface area contributed by atoms with Crippen LogP contribution in [0.15, 0.2) is 18.5 Å². The Morgan fingerprint density at radius 3 is 3.07 bits per heavy atom. The zero-order valence-corrected chi connectivity index (χ0v) is 7.43. The average molecular weight is 192 g/mol. The first kappa shape index (κ1) is 8.42. The predicted molar refractivity (Wildman–Crippen MR) is 47.5 cm³/mol. The molecule has 0 bridgehead atoms. The van der Waals surface area contributed by atoms with Crippen molar-refractivity contribution in [3.63, 3.8) is 0 Å². The maximum Gasteiger partial charge on any atom is 0.276 e. The van der Waals surface area contributed by atoms with Gasteiger partial charge in [0.15, 0.2) is 5.82 Å². The third-order valence-electron chi connectivity index (χ3n) is 1.69. The lowest BCUT2D eigenvalue weighted by Crippen LogP contribution is -2.16. The number of aryl methyl sites for hydroxylation is 1. The molecule has 0 radical (unpaired) electrons. The van der Waals surface area contributed by atoms with E-state index in [4.69, 9.17) is 0 Å². The molecule has 72 valence electrons. The Kier molecular flexibility index (Phi) is 1.98. The van der Waals surface area contributed by atoms with Gasteiger partial charge in [-0.15, -0.1) is 5.10 Å². The summed E-state index contributed by atoms with van der Waals surface area (Å²) in [5.74, 6) is 0.181. The van der Waals surface area contributed by atoms with Crippen molar-refractivity contribution < 1.29 is 4.79 Å². The summed E-state index contributed by atoms with van der Waals surface area (Å²) in [5.41, 5.74) is 0.382. The minimum absolute atomic E-state index is 0.287. The largest absolute Gasteiger partial charge is 0.304 e. The number of rotatable bonds is 2. The molecular weight excluding hydrogens is 184 g/mol. The van der Waals surface area contributed by atoms with Crippen LogP contribution in [0.4, 0.5) is 5.82 Å². The minimum Gasteiger partial charge on any atom is -0.304 e. The van der Waals surface area contributed by atoms with E-state index in [1.165, 1.54) is 10.9 Å². The van der Waals surface area contributed by atoms with Crippen LogP contribution >= 0.6 is 0 Å². The van der Waals surface area contributed by atoms with Crippen LogP contribution in [0, 0.1) is 0 Å². The molecule has 0 saturated carbocycles. The normalized spacial score (nSPS) is 10.1. The predicted octanol–water partition coefficient (Wildman–Crippen LogP) is -0.210. The van der Waals surface area contributed by atoms with Crippen LogP contribution in [0.5, 0.6) is 0 Å². The van der Waals surface area contributed by atoms with E-state index in [-0.39, 0.29) is 5.91 Å². The maximum absolute atomic E-state index is 11.5. The van der Waals surface area contributed by atoms with Crippen molar-refractivity contribution in [1.29, 1.82) is 0 Å². The second-order valence-electron chi connectivity index (χ2n) is 2.66. The summed E-state index contributed by atoms with van der Waals surface area (Å²) in [4.78, 5) is 11.5. The second-order valence-corrected chi connectivity index (χ2v) is 2.66. The summed E-state index contributed by atoms with van der Waals surface area (Å²) in [5, 5.41) is 16.2. The van der Waals surface area contributed by atoms with E-state index >= 15 is 0 Å². The highest BCUT2D eigenvalue weighted by molar-refractivity contribution is 6.02. The highest BCUT2D eigenvalue weighted by atomic mass is 16.2. The smallest absolute Gasteiger partial charge is 0.276 e. The molecule has 0 aliphatic heterocycles. The Labute approximate surface area is 79.1 Å². The number of carbonyl (C=O) groups excluding carboxylic acids is 1. The Hall–Kier alpha value is -2.18. The number of anilines is 1. The Bertz CT molecular complexity index is 431. The number of carbonyl (C=O) groups is 1. The number of H-pyrrole nitrogens is 1. The molecule has 2 N–H and O–H groups in total. The fraction of sp³-hybridized carbons (Fsp3) is 0.143. The molecule has 0 saturated heterocycles. The molecule has 0 aliphatic rings. The highest BCUT2D eigenvalue weighted by Crippen LogP contribution is 2.02. The lowest BCUT2D eigenvalue weighted by Gasteiger charge is -1.99. The summed E-state index contributed by atoms with van der Waals surface area (Å²) < 4.78 is 1.39. The van der Waals surface area contributed by atoms with E-state index in [0.29, 0.717) is 11.5 Å². The zero-order valence-electron chi connectivity index (χ0n) is 7.43. The summed E-state index contributed by atoms with van der Waals surface area (Å²) in [6, 6.07) is 1.65. The topological polar surface area (TPSA) is 88.5 Å². The van der Waals surface area contributed by atoms with Crippen molar-refractivity contribution in [3.8, 4) is 0 Å². The average Bonchev–Trinajstić information content (AvgIpc) is 2.75. The van der Waals surface area contributed by atoms with Crippen LogP contribution in [-0.2, 0) is 7.05 Å². The van der Waals surface area contributed by atoms with E-state index in [2.05, 4.69) is 25.8 Å². The van der Waals surface area contributed by atoms with Crippen molar-refractivity contribution in [2.75, 3.05) is 5.32 Å². The van der Waals surface area contributed by atoms with Gasteiger partial charge in [0.2, 0.25) is 0 Å². The lowest BCUT2D eigenvalue weighted by molar-refractivity contribution is 0.101. The Balaban J connectivity index is 2.14. The molecule has 0 aromatic carbocycles. The van der Waals surface area contributed by atoms with Crippen molar-refractivity contribution in [2.45, 2.75) is 0 Å². The van der Waals surface area contributed by atoms with Gasteiger partial charge < -0.3 is 5.32 Å².